The molecule has 0 spiro atoms. The van der Waals surface area contributed by atoms with Crippen molar-refractivity contribution in [2.24, 2.45) is 0 Å². The number of ether oxygens (including phenoxy) is 1. The number of aromatic nitrogens is 2. The lowest BCUT2D eigenvalue weighted by atomic mass is 10.3. The minimum Gasteiger partial charge on any atom is -0.467 e. The number of furan rings is 1. The van der Waals surface area contributed by atoms with Crippen LogP contribution in [0.15, 0.2) is 35.2 Å². The predicted molar refractivity (Wildman–Crippen MR) is 76.9 cm³/mol. The Morgan fingerprint density at radius 3 is 2.86 bits per heavy atom. The third-order valence-electron chi connectivity index (χ3n) is 2.73. The molecule has 0 aromatic carbocycles. The van der Waals surface area contributed by atoms with E-state index in [4.69, 9.17) is 9.15 Å². The highest BCUT2D eigenvalue weighted by molar-refractivity contribution is 5.93. The average Bonchev–Trinajstić information content (AvgIpc) is 3.03. The molecule has 2 N–H and O–H groups in total. The minimum atomic E-state index is -0.191. The number of amides is 1. The molecule has 2 rings (SSSR count). The third-order valence-corrected chi connectivity index (χ3v) is 2.73. The molecule has 0 fully saturated rings. The van der Waals surface area contributed by atoms with Gasteiger partial charge in [-0.1, -0.05) is 0 Å². The van der Waals surface area contributed by atoms with Crippen LogP contribution in [0.25, 0.3) is 0 Å². The van der Waals surface area contributed by atoms with Crippen molar-refractivity contribution in [3.63, 3.8) is 0 Å². The van der Waals surface area contributed by atoms with Gasteiger partial charge in [-0.05, 0) is 18.6 Å². The van der Waals surface area contributed by atoms with Crippen molar-refractivity contribution >= 4 is 11.9 Å². The summed E-state index contributed by atoms with van der Waals surface area (Å²) in [5, 5.41) is 5.78. The third kappa shape index (κ3) is 4.88. The summed E-state index contributed by atoms with van der Waals surface area (Å²) < 4.78 is 10.1. The zero-order chi connectivity index (χ0) is 14.9. The zero-order valence-electron chi connectivity index (χ0n) is 11.8. The molecule has 0 aliphatic rings. The number of carbonyl (C=O) groups is 1. The number of nitrogens with zero attached hydrogens (tertiary/aromatic N) is 2. The van der Waals surface area contributed by atoms with Gasteiger partial charge < -0.3 is 19.8 Å². The number of hydrogen-bond acceptors (Lipinski definition) is 6. The maximum Gasteiger partial charge on any atom is 0.254 e. The van der Waals surface area contributed by atoms with Gasteiger partial charge in [0.1, 0.15) is 5.76 Å². The van der Waals surface area contributed by atoms with Crippen LogP contribution in [0, 0.1) is 0 Å². The maximum absolute atomic E-state index is 11.8. The molecule has 2 heterocycles. The Morgan fingerprint density at radius 2 is 2.19 bits per heavy atom. The van der Waals surface area contributed by atoms with Crippen LogP contribution in [0.3, 0.4) is 0 Å². The normalized spacial score (nSPS) is 10.3. The number of carbonyl (C=O) groups excluding carboxylic acids is 1. The van der Waals surface area contributed by atoms with Crippen molar-refractivity contribution in [2.45, 2.75) is 13.0 Å². The topological polar surface area (TPSA) is 89.3 Å². The summed E-state index contributed by atoms with van der Waals surface area (Å²) in [7, 11) is 1.63. The standard InChI is InChI=1S/C14H18N4O3/c1-20-6-3-5-15-13(19)11-8-16-14(17-9-11)18-10-12-4-2-7-21-12/h2,4,7-9H,3,5-6,10H2,1H3,(H,15,19)(H,16,17,18). The fourth-order valence-corrected chi connectivity index (χ4v) is 1.64. The highest BCUT2D eigenvalue weighted by Gasteiger charge is 2.06. The van der Waals surface area contributed by atoms with Gasteiger partial charge in [0.2, 0.25) is 5.95 Å². The van der Waals surface area contributed by atoms with Gasteiger partial charge >= 0.3 is 0 Å². The van der Waals surface area contributed by atoms with Crippen LogP contribution >= 0.6 is 0 Å². The van der Waals surface area contributed by atoms with E-state index in [1.165, 1.54) is 12.4 Å². The zero-order valence-corrected chi connectivity index (χ0v) is 11.8. The van der Waals surface area contributed by atoms with Crippen LogP contribution in [-0.2, 0) is 11.3 Å². The number of nitrogens with one attached hydrogen (secondary N) is 2. The van der Waals surface area contributed by atoms with Gasteiger partial charge in [-0.25, -0.2) is 9.97 Å². The Balaban J connectivity index is 1.79. The lowest BCUT2D eigenvalue weighted by molar-refractivity contribution is 0.0948. The summed E-state index contributed by atoms with van der Waals surface area (Å²) >= 11 is 0. The molecule has 2 aromatic rings. The highest BCUT2D eigenvalue weighted by Crippen LogP contribution is 2.05. The summed E-state index contributed by atoms with van der Waals surface area (Å²) in [6.45, 7) is 1.67. The van der Waals surface area contributed by atoms with Crippen molar-refractivity contribution in [1.82, 2.24) is 15.3 Å². The number of rotatable bonds is 8. The lowest BCUT2D eigenvalue weighted by Crippen LogP contribution is -2.25. The Kier molecular flexibility index (Phi) is 5.71. The molecular weight excluding hydrogens is 272 g/mol. The Labute approximate surface area is 122 Å². The van der Waals surface area contributed by atoms with E-state index in [1.807, 2.05) is 12.1 Å². The molecule has 0 unspecified atom stereocenters. The van der Waals surface area contributed by atoms with Crippen LogP contribution < -0.4 is 10.6 Å². The van der Waals surface area contributed by atoms with Gasteiger partial charge in [-0.3, -0.25) is 4.79 Å². The van der Waals surface area contributed by atoms with Gasteiger partial charge in [0, 0.05) is 32.7 Å². The Morgan fingerprint density at radius 1 is 1.38 bits per heavy atom. The second kappa shape index (κ2) is 8.01. The van der Waals surface area contributed by atoms with E-state index < -0.39 is 0 Å². The predicted octanol–water partition coefficient (Wildman–Crippen LogP) is 1.45. The van der Waals surface area contributed by atoms with Crippen LogP contribution in [0.5, 0.6) is 0 Å². The molecule has 7 nitrogen and oxygen atoms in total. The van der Waals surface area contributed by atoms with Gasteiger partial charge in [0.15, 0.2) is 0 Å². The Bertz CT molecular complexity index is 540. The van der Waals surface area contributed by atoms with Crippen molar-refractivity contribution in [2.75, 3.05) is 25.6 Å². The quantitative estimate of drug-likeness (QED) is 0.715. The highest BCUT2D eigenvalue weighted by atomic mass is 16.5. The smallest absolute Gasteiger partial charge is 0.254 e. The summed E-state index contributed by atoms with van der Waals surface area (Å²) in [5.41, 5.74) is 0.427. The molecule has 2 aromatic heterocycles. The molecular formula is C14H18N4O3. The summed E-state index contributed by atoms with van der Waals surface area (Å²) in [6.07, 6.45) is 5.35. The van der Waals surface area contributed by atoms with E-state index in [9.17, 15) is 4.79 Å². The van der Waals surface area contributed by atoms with E-state index in [1.54, 1.807) is 13.4 Å². The first-order valence-electron chi connectivity index (χ1n) is 6.65. The van der Waals surface area contributed by atoms with Crippen LogP contribution in [0.4, 0.5) is 5.95 Å². The van der Waals surface area contributed by atoms with E-state index in [0.717, 1.165) is 12.2 Å². The fraction of sp³-hybridized carbons (Fsp3) is 0.357. The summed E-state index contributed by atoms with van der Waals surface area (Å²) in [5.74, 6) is 1.05. The van der Waals surface area contributed by atoms with Crippen LogP contribution in [0.2, 0.25) is 0 Å². The molecule has 1 amide bonds. The van der Waals surface area contributed by atoms with Crippen LogP contribution in [-0.4, -0.2) is 36.1 Å². The van der Waals surface area contributed by atoms with E-state index in [-0.39, 0.29) is 5.91 Å². The molecule has 0 aliphatic heterocycles. The lowest BCUT2D eigenvalue weighted by Gasteiger charge is -2.05. The first-order valence-corrected chi connectivity index (χ1v) is 6.65. The van der Waals surface area contributed by atoms with Gasteiger partial charge in [-0.2, -0.15) is 0 Å². The average molecular weight is 290 g/mol. The van der Waals surface area contributed by atoms with Crippen molar-refractivity contribution in [3.05, 3.63) is 42.1 Å². The van der Waals surface area contributed by atoms with E-state index in [0.29, 0.717) is 31.2 Å². The van der Waals surface area contributed by atoms with Crippen LogP contribution in [0.1, 0.15) is 22.5 Å². The van der Waals surface area contributed by atoms with E-state index >= 15 is 0 Å². The number of hydrogen-bond donors (Lipinski definition) is 2. The monoisotopic (exact) mass is 290 g/mol. The first kappa shape index (κ1) is 15.0. The van der Waals surface area contributed by atoms with Gasteiger partial charge in [-0.15, -0.1) is 0 Å². The molecule has 0 aliphatic carbocycles. The minimum absolute atomic E-state index is 0.191. The Hall–Kier alpha value is -2.41. The first-order chi connectivity index (χ1) is 10.3. The molecule has 0 saturated heterocycles. The summed E-state index contributed by atoms with van der Waals surface area (Å²) in [4.78, 5) is 20.0. The SMILES string of the molecule is COCCCNC(=O)c1cnc(NCc2ccco2)nc1. The largest absolute Gasteiger partial charge is 0.467 e. The van der Waals surface area contributed by atoms with Gasteiger partial charge in [0.25, 0.3) is 5.91 Å². The molecule has 0 bridgehead atoms. The molecule has 0 atom stereocenters. The molecule has 7 heteroatoms. The number of anilines is 1. The van der Waals surface area contributed by atoms with E-state index in [2.05, 4.69) is 20.6 Å². The van der Waals surface area contributed by atoms with Crippen molar-refractivity contribution < 1.29 is 13.9 Å². The van der Waals surface area contributed by atoms with Crippen molar-refractivity contribution in [1.29, 1.82) is 0 Å². The maximum atomic E-state index is 11.8. The number of methoxy groups -OCH3 is 1. The second-order valence-electron chi connectivity index (χ2n) is 4.33. The second-order valence-corrected chi connectivity index (χ2v) is 4.33. The molecule has 112 valence electrons. The summed E-state index contributed by atoms with van der Waals surface area (Å²) in [6, 6.07) is 3.67. The fourth-order valence-electron chi connectivity index (χ4n) is 1.64. The molecule has 0 radical (unpaired) electrons. The molecule has 0 saturated carbocycles. The van der Waals surface area contributed by atoms with Gasteiger partial charge in [0.05, 0.1) is 18.4 Å². The van der Waals surface area contributed by atoms with Crippen molar-refractivity contribution in [3.8, 4) is 0 Å². The molecule has 21 heavy (non-hydrogen) atoms.